The third kappa shape index (κ3) is 3.80. The fraction of sp³-hybridized carbons (Fsp3) is 0.400. The van der Waals surface area contributed by atoms with Crippen molar-refractivity contribution in [2.45, 2.75) is 25.2 Å². The van der Waals surface area contributed by atoms with Crippen molar-refractivity contribution in [2.24, 2.45) is 0 Å². The third-order valence-electron chi connectivity index (χ3n) is 3.45. The quantitative estimate of drug-likeness (QED) is 0.911. The van der Waals surface area contributed by atoms with Gasteiger partial charge in [-0.2, -0.15) is 5.26 Å². The highest BCUT2D eigenvalue weighted by atomic mass is 32.1. The van der Waals surface area contributed by atoms with Crippen LogP contribution in [-0.4, -0.2) is 35.3 Å². The molecule has 6 nitrogen and oxygen atoms in total. The van der Waals surface area contributed by atoms with Crippen molar-refractivity contribution in [3.05, 3.63) is 40.5 Å². The summed E-state index contributed by atoms with van der Waals surface area (Å²) < 4.78 is 11.5. The molecule has 114 valence electrons. The van der Waals surface area contributed by atoms with Crippen molar-refractivity contribution in [1.29, 1.82) is 5.26 Å². The van der Waals surface area contributed by atoms with Crippen molar-refractivity contribution in [3.8, 4) is 6.07 Å². The van der Waals surface area contributed by atoms with Crippen LogP contribution >= 0.6 is 11.3 Å². The largest absolute Gasteiger partial charge is 0.379 e. The number of nitrogens with zero attached hydrogens (tertiary/aromatic N) is 3. The molecular formula is C15H16N4O2S. The molecular weight excluding hydrogens is 300 g/mol. The van der Waals surface area contributed by atoms with Crippen LogP contribution in [-0.2, 0) is 16.1 Å². The van der Waals surface area contributed by atoms with Gasteiger partial charge >= 0.3 is 0 Å². The molecule has 2 atom stereocenters. The minimum Gasteiger partial charge on any atom is -0.379 e. The van der Waals surface area contributed by atoms with Gasteiger partial charge in [0, 0.05) is 18.2 Å². The van der Waals surface area contributed by atoms with Crippen LogP contribution in [0.5, 0.6) is 0 Å². The molecule has 1 aliphatic heterocycles. The van der Waals surface area contributed by atoms with Crippen molar-refractivity contribution in [1.82, 2.24) is 9.97 Å². The normalized spacial score (nSPS) is 21.2. The summed E-state index contributed by atoms with van der Waals surface area (Å²) in [5.41, 5.74) is 3.30. The molecule has 3 heterocycles. The van der Waals surface area contributed by atoms with Crippen LogP contribution in [0.25, 0.3) is 0 Å². The summed E-state index contributed by atoms with van der Waals surface area (Å²) in [5.74, 6) is 0.719. The average Bonchev–Trinajstić information content (AvgIpc) is 3.08. The summed E-state index contributed by atoms with van der Waals surface area (Å²) in [4.78, 5) is 8.46. The Morgan fingerprint density at radius 1 is 1.45 bits per heavy atom. The smallest absolute Gasteiger partial charge is 0.126 e. The van der Waals surface area contributed by atoms with Crippen LogP contribution in [0.15, 0.2) is 29.2 Å². The van der Waals surface area contributed by atoms with E-state index < -0.39 is 0 Å². The highest BCUT2D eigenvalue weighted by molar-refractivity contribution is 7.07. The van der Waals surface area contributed by atoms with Gasteiger partial charge in [-0.25, -0.2) is 9.97 Å². The first kappa shape index (κ1) is 14.9. The predicted octanol–water partition coefficient (Wildman–Crippen LogP) is 2.20. The Kier molecular flexibility index (Phi) is 4.96. The number of ether oxygens (including phenoxy) is 2. The number of nitrogens with one attached hydrogen (secondary N) is 1. The van der Waals surface area contributed by atoms with Gasteiger partial charge in [-0.05, 0) is 18.6 Å². The Bertz CT molecular complexity index is 624. The summed E-state index contributed by atoms with van der Waals surface area (Å²) in [6.45, 7) is 1.78. The maximum atomic E-state index is 8.80. The lowest BCUT2D eigenvalue weighted by Gasteiger charge is -2.32. The van der Waals surface area contributed by atoms with Crippen molar-refractivity contribution >= 4 is 17.2 Å². The maximum Gasteiger partial charge on any atom is 0.126 e. The monoisotopic (exact) mass is 316 g/mol. The second kappa shape index (κ2) is 7.31. The molecule has 0 radical (unpaired) electrons. The van der Waals surface area contributed by atoms with E-state index in [4.69, 9.17) is 14.7 Å². The minimum absolute atomic E-state index is 0.0350. The maximum absolute atomic E-state index is 8.80. The molecule has 1 N–H and O–H groups in total. The molecule has 7 heteroatoms. The van der Waals surface area contributed by atoms with E-state index in [2.05, 4.69) is 21.4 Å². The number of thiazole rings is 1. The molecule has 2 aromatic heterocycles. The van der Waals surface area contributed by atoms with E-state index in [1.54, 1.807) is 35.2 Å². The molecule has 0 saturated carbocycles. The van der Waals surface area contributed by atoms with Crippen LogP contribution in [0, 0.1) is 11.3 Å². The molecule has 1 fully saturated rings. The standard InChI is InChI=1S/C15H16N4O2S/c16-5-11-1-2-15(17-6-11)19-13-8-20-4-3-14(13)21-7-12-9-22-10-18-12/h1-2,6,9-10,13-14H,3-4,7-8H2,(H,17,19)/t13-,14+/m1/s1. The third-order valence-corrected chi connectivity index (χ3v) is 4.08. The summed E-state index contributed by atoms with van der Waals surface area (Å²) in [7, 11) is 0. The molecule has 0 amide bonds. The lowest BCUT2D eigenvalue weighted by molar-refractivity contribution is -0.0486. The number of nitriles is 1. The van der Waals surface area contributed by atoms with Gasteiger partial charge in [0.05, 0.1) is 42.1 Å². The van der Waals surface area contributed by atoms with Gasteiger partial charge in [0.1, 0.15) is 11.9 Å². The SMILES string of the molecule is N#Cc1ccc(N[C@@H]2COCC[C@@H]2OCc2cscn2)nc1. The Morgan fingerprint density at radius 2 is 2.41 bits per heavy atom. The Hall–Kier alpha value is -2.01. The zero-order chi connectivity index (χ0) is 15.2. The van der Waals surface area contributed by atoms with E-state index >= 15 is 0 Å². The van der Waals surface area contributed by atoms with Crippen molar-refractivity contribution in [2.75, 3.05) is 18.5 Å². The summed E-state index contributed by atoms with van der Waals surface area (Å²) in [6, 6.07) is 5.63. The summed E-state index contributed by atoms with van der Waals surface area (Å²) >= 11 is 1.57. The topological polar surface area (TPSA) is 80.1 Å². The average molecular weight is 316 g/mol. The van der Waals surface area contributed by atoms with E-state index in [-0.39, 0.29) is 12.1 Å². The number of rotatable bonds is 5. The van der Waals surface area contributed by atoms with Gasteiger partial charge in [-0.15, -0.1) is 11.3 Å². The van der Waals surface area contributed by atoms with Gasteiger partial charge in [0.25, 0.3) is 0 Å². The molecule has 0 aromatic carbocycles. The van der Waals surface area contributed by atoms with E-state index in [9.17, 15) is 0 Å². The first-order chi connectivity index (χ1) is 10.8. The molecule has 1 aliphatic rings. The van der Waals surface area contributed by atoms with Crippen LogP contribution in [0.4, 0.5) is 5.82 Å². The molecule has 0 unspecified atom stereocenters. The Morgan fingerprint density at radius 3 is 3.14 bits per heavy atom. The van der Waals surface area contributed by atoms with Gasteiger partial charge in [-0.3, -0.25) is 0 Å². The zero-order valence-corrected chi connectivity index (χ0v) is 12.8. The first-order valence-electron chi connectivity index (χ1n) is 7.04. The Balaban J connectivity index is 1.60. The summed E-state index contributed by atoms with van der Waals surface area (Å²) in [5, 5.41) is 14.1. The number of aromatic nitrogens is 2. The molecule has 0 aliphatic carbocycles. The van der Waals surface area contributed by atoms with E-state index in [1.165, 1.54) is 0 Å². The number of hydrogen-bond donors (Lipinski definition) is 1. The number of hydrogen-bond acceptors (Lipinski definition) is 7. The number of anilines is 1. The Labute approximate surface area is 132 Å². The first-order valence-corrected chi connectivity index (χ1v) is 7.98. The van der Waals surface area contributed by atoms with Crippen molar-refractivity contribution in [3.63, 3.8) is 0 Å². The number of pyridine rings is 1. The lowest BCUT2D eigenvalue weighted by atomic mass is 10.1. The van der Waals surface area contributed by atoms with Crippen LogP contribution in [0.2, 0.25) is 0 Å². The molecule has 22 heavy (non-hydrogen) atoms. The van der Waals surface area contributed by atoms with Gasteiger partial charge in [-0.1, -0.05) is 0 Å². The van der Waals surface area contributed by atoms with E-state index in [1.807, 2.05) is 5.38 Å². The lowest BCUT2D eigenvalue weighted by Crippen LogP contribution is -2.44. The molecule has 1 saturated heterocycles. The fourth-order valence-electron chi connectivity index (χ4n) is 2.29. The van der Waals surface area contributed by atoms with E-state index in [0.717, 1.165) is 17.9 Å². The van der Waals surface area contributed by atoms with Gasteiger partial charge in [0.2, 0.25) is 0 Å². The molecule has 3 rings (SSSR count). The molecule has 0 bridgehead atoms. The van der Waals surface area contributed by atoms with Crippen LogP contribution < -0.4 is 5.32 Å². The molecule has 2 aromatic rings. The van der Waals surface area contributed by atoms with Crippen molar-refractivity contribution < 1.29 is 9.47 Å². The predicted molar refractivity (Wildman–Crippen MR) is 82.5 cm³/mol. The van der Waals surface area contributed by atoms with Gasteiger partial charge < -0.3 is 14.8 Å². The molecule has 0 spiro atoms. The fourth-order valence-corrected chi connectivity index (χ4v) is 2.83. The van der Waals surface area contributed by atoms with Crippen LogP contribution in [0.1, 0.15) is 17.7 Å². The van der Waals surface area contributed by atoms with Gasteiger partial charge in [0.15, 0.2) is 0 Å². The minimum atomic E-state index is 0.0350. The summed E-state index contributed by atoms with van der Waals surface area (Å²) in [6.07, 6.45) is 2.43. The van der Waals surface area contributed by atoms with Crippen LogP contribution in [0.3, 0.4) is 0 Å². The highest BCUT2D eigenvalue weighted by Crippen LogP contribution is 2.18. The highest BCUT2D eigenvalue weighted by Gasteiger charge is 2.27. The van der Waals surface area contributed by atoms with E-state index in [0.29, 0.717) is 25.4 Å². The zero-order valence-electron chi connectivity index (χ0n) is 11.9. The second-order valence-corrected chi connectivity index (χ2v) is 5.71. The second-order valence-electron chi connectivity index (χ2n) is 4.99.